The summed E-state index contributed by atoms with van der Waals surface area (Å²) in [5.74, 6) is 1.73. The third kappa shape index (κ3) is 2.80. The molecule has 1 fully saturated rings. The van der Waals surface area contributed by atoms with Gasteiger partial charge in [-0.2, -0.15) is 15.0 Å². The van der Waals surface area contributed by atoms with Gasteiger partial charge in [0.15, 0.2) is 0 Å². The summed E-state index contributed by atoms with van der Waals surface area (Å²) < 4.78 is 0. The van der Waals surface area contributed by atoms with Gasteiger partial charge in [0, 0.05) is 26.2 Å². The molecule has 0 amide bonds. The Labute approximate surface area is 108 Å². The van der Waals surface area contributed by atoms with Gasteiger partial charge >= 0.3 is 0 Å². The molecule has 0 atom stereocenters. The van der Waals surface area contributed by atoms with Crippen molar-refractivity contribution >= 4 is 17.8 Å². The molecule has 18 heavy (non-hydrogen) atoms. The molecule has 6 heteroatoms. The molecular formula is C12H22N6. The number of nitrogen functional groups attached to an aromatic ring is 1. The Balaban J connectivity index is 2.24. The predicted molar refractivity (Wildman–Crippen MR) is 73.9 cm³/mol. The molecule has 0 aromatic carbocycles. The minimum absolute atomic E-state index is 0.312. The molecule has 2 heterocycles. The fourth-order valence-electron chi connectivity index (χ4n) is 2.25. The van der Waals surface area contributed by atoms with Gasteiger partial charge in [-0.1, -0.05) is 0 Å². The maximum atomic E-state index is 5.80. The number of nitrogens with two attached hydrogens (primary N) is 1. The van der Waals surface area contributed by atoms with Crippen LogP contribution in [0.1, 0.15) is 33.1 Å². The van der Waals surface area contributed by atoms with Gasteiger partial charge in [-0.15, -0.1) is 0 Å². The van der Waals surface area contributed by atoms with Crippen molar-refractivity contribution in [2.24, 2.45) is 0 Å². The third-order valence-electron chi connectivity index (χ3n) is 3.31. The normalized spacial score (nSPS) is 15.8. The quantitative estimate of drug-likeness (QED) is 0.868. The minimum Gasteiger partial charge on any atom is -0.368 e. The smallest absolute Gasteiger partial charge is 0.231 e. The van der Waals surface area contributed by atoms with Crippen LogP contribution in [0.25, 0.3) is 0 Å². The van der Waals surface area contributed by atoms with Crippen LogP contribution in [0.4, 0.5) is 17.8 Å². The van der Waals surface area contributed by atoms with Crippen molar-refractivity contribution in [3.8, 4) is 0 Å². The molecule has 6 nitrogen and oxygen atoms in total. The molecule has 2 rings (SSSR count). The predicted octanol–water partition coefficient (Wildman–Crippen LogP) is 1.29. The first-order chi connectivity index (χ1) is 8.74. The van der Waals surface area contributed by atoms with Crippen LogP contribution < -0.4 is 15.5 Å². The van der Waals surface area contributed by atoms with Crippen LogP contribution in [-0.2, 0) is 0 Å². The van der Waals surface area contributed by atoms with Crippen LogP contribution in [0.3, 0.4) is 0 Å². The van der Waals surface area contributed by atoms with Crippen LogP contribution in [0, 0.1) is 0 Å². The van der Waals surface area contributed by atoms with Crippen molar-refractivity contribution in [2.75, 3.05) is 41.7 Å². The summed E-state index contributed by atoms with van der Waals surface area (Å²) in [5, 5.41) is 0. The summed E-state index contributed by atoms with van der Waals surface area (Å²) >= 11 is 0. The molecule has 1 aliphatic rings. The van der Waals surface area contributed by atoms with Gasteiger partial charge in [0.1, 0.15) is 0 Å². The fourth-order valence-corrected chi connectivity index (χ4v) is 2.25. The van der Waals surface area contributed by atoms with Gasteiger partial charge in [-0.05, 0) is 33.1 Å². The summed E-state index contributed by atoms with van der Waals surface area (Å²) in [7, 11) is 0. The maximum absolute atomic E-state index is 5.80. The van der Waals surface area contributed by atoms with Gasteiger partial charge in [-0.3, -0.25) is 0 Å². The number of anilines is 3. The van der Waals surface area contributed by atoms with Crippen molar-refractivity contribution in [3.05, 3.63) is 0 Å². The number of aromatic nitrogens is 3. The van der Waals surface area contributed by atoms with E-state index in [1.54, 1.807) is 0 Å². The lowest BCUT2D eigenvalue weighted by Gasteiger charge is -2.27. The van der Waals surface area contributed by atoms with Gasteiger partial charge in [0.05, 0.1) is 0 Å². The Kier molecular flexibility index (Phi) is 4.17. The highest BCUT2D eigenvalue weighted by Gasteiger charge is 2.16. The largest absolute Gasteiger partial charge is 0.368 e. The lowest BCUT2D eigenvalue weighted by atomic mass is 10.1. The Morgan fingerprint density at radius 3 is 2.33 bits per heavy atom. The van der Waals surface area contributed by atoms with Gasteiger partial charge < -0.3 is 15.5 Å². The molecular weight excluding hydrogens is 228 g/mol. The van der Waals surface area contributed by atoms with E-state index in [4.69, 9.17) is 5.73 Å². The lowest BCUT2D eigenvalue weighted by molar-refractivity contribution is 0.567. The van der Waals surface area contributed by atoms with Gasteiger partial charge in [0.25, 0.3) is 0 Å². The summed E-state index contributed by atoms with van der Waals surface area (Å²) in [6.07, 6.45) is 3.69. The molecule has 0 saturated carbocycles. The Hall–Kier alpha value is -1.59. The highest BCUT2D eigenvalue weighted by atomic mass is 15.3. The van der Waals surface area contributed by atoms with Crippen molar-refractivity contribution in [3.63, 3.8) is 0 Å². The van der Waals surface area contributed by atoms with Crippen LogP contribution in [0.5, 0.6) is 0 Å². The lowest BCUT2D eigenvalue weighted by Crippen LogP contribution is -2.32. The average Bonchev–Trinajstić information content (AvgIpc) is 2.40. The van der Waals surface area contributed by atoms with Crippen LogP contribution in [-0.4, -0.2) is 41.1 Å². The zero-order valence-electron chi connectivity index (χ0n) is 11.3. The van der Waals surface area contributed by atoms with E-state index >= 15 is 0 Å². The Morgan fingerprint density at radius 2 is 1.72 bits per heavy atom. The molecule has 0 aliphatic carbocycles. The van der Waals surface area contributed by atoms with Crippen LogP contribution in [0.15, 0.2) is 0 Å². The highest BCUT2D eigenvalue weighted by Crippen LogP contribution is 2.19. The molecule has 100 valence electrons. The molecule has 1 aromatic heterocycles. The van der Waals surface area contributed by atoms with E-state index in [1.165, 1.54) is 19.3 Å². The first-order valence-corrected chi connectivity index (χ1v) is 6.76. The molecule has 0 radical (unpaired) electrons. The number of nitrogens with zero attached hydrogens (tertiary/aromatic N) is 5. The first-order valence-electron chi connectivity index (χ1n) is 6.76. The number of hydrogen-bond donors (Lipinski definition) is 1. The average molecular weight is 250 g/mol. The maximum Gasteiger partial charge on any atom is 0.231 e. The molecule has 0 bridgehead atoms. The first kappa shape index (κ1) is 12.9. The fraction of sp³-hybridized carbons (Fsp3) is 0.750. The zero-order chi connectivity index (χ0) is 13.0. The van der Waals surface area contributed by atoms with E-state index in [2.05, 4.69) is 38.6 Å². The van der Waals surface area contributed by atoms with E-state index in [-0.39, 0.29) is 0 Å². The van der Waals surface area contributed by atoms with Crippen LogP contribution >= 0.6 is 0 Å². The van der Waals surface area contributed by atoms with E-state index in [0.717, 1.165) is 32.1 Å². The molecule has 1 aliphatic heterocycles. The second kappa shape index (κ2) is 5.84. The third-order valence-corrected chi connectivity index (χ3v) is 3.31. The summed E-state index contributed by atoms with van der Waals surface area (Å²) in [5.41, 5.74) is 5.80. The molecule has 1 saturated heterocycles. The zero-order valence-corrected chi connectivity index (χ0v) is 11.3. The number of piperidine rings is 1. The SMILES string of the molecule is CCN(CC)c1nc(N)nc(N2CCCCC2)n1. The summed E-state index contributed by atoms with van der Waals surface area (Å²) in [4.78, 5) is 17.3. The Bertz CT molecular complexity index is 384. The number of hydrogen-bond acceptors (Lipinski definition) is 6. The second-order valence-electron chi connectivity index (χ2n) is 4.51. The highest BCUT2D eigenvalue weighted by molar-refractivity contribution is 5.43. The van der Waals surface area contributed by atoms with E-state index in [0.29, 0.717) is 11.9 Å². The van der Waals surface area contributed by atoms with E-state index in [1.807, 2.05) is 0 Å². The monoisotopic (exact) mass is 250 g/mol. The van der Waals surface area contributed by atoms with Crippen molar-refractivity contribution in [1.82, 2.24) is 15.0 Å². The van der Waals surface area contributed by atoms with E-state index < -0.39 is 0 Å². The standard InChI is InChI=1S/C12H22N6/c1-3-17(4-2)11-14-10(13)15-12(16-11)18-8-6-5-7-9-18/h3-9H2,1-2H3,(H2,13,14,15,16). The molecule has 1 aromatic rings. The van der Waals surface area contributed by atoms with Crippen molar-refractivity contribution in [2.45, 2.75) is 33.1 Å². The van der Waals surface area contributed by atoms with Crippen molar-refractivity contribution in [1.29, 1.82) is 0 Å². The van der Waals surface area contributed by atoms with E-state index in [9.17, 15) is 0 Å². The summed E-state index contributed by atoms with van der Waals surface area (Å²) in [6.45, 7) is 7.95. The summed E-state index contributed by atoms with van der Waals surface area (Å²) in [6, 6.07) is 0. The minimum atomic E-state index is 0.312. The molecule has 2 N–H and O–H groups in total. The number of rotatable bonds is 4. The second-order valence-corrected chi connectivity index (χ2v) is 4.51. The molecule has 0 spiro atoms. The Morgan fingerprint density at radius 1 is 1.06 bits per heavy atom. The van der Waals surface area contributed by atoms with Crippen molar-refractivity contribution < 1.29 is 0 Å². The van der Waals surface area contributed by atoms with Gasteiger partial charge in [-0.25, -0.2) is 0 Å². The van der Waals surface area contributed by atoms with Crippen LogP contribution in [0.2, 0.25) is 0 Å². The van der Waals surface area contributed by atoms with Gasteiger partial charge in [0.2, 0.25) is 17.8 Å². The topological polar surface area (TPSA) is 71.2 Å². The molecule has 0 unspecified atom stereocenters.